The second kappa shape index (κ2) is 5.48. The lowest BCUT2D eigenvalue weighted by atomic mass is 9.95. The van der Waals surface area contributed by atoms with E-state index in [-0.39, 0.29) is 0 Å². The van der Waals surface area contributed by atoms with Gasteiger partial charge in [0.2, 0.25) is 10.0 Å². The molecule has 0 unspecified atom stereocenters. The molecule has 0 radical (unpaired) electrons. The van der Waals surface area contributed by atoms with Crippen LogP contribution >= 0.6 is 0 Å². The molecule has 0 amide bonds. The molecule has 0 atom stereocenters. The van der Waals surface area contributed by atoms with Gasteiger partial charge in [-0.1, -0.05) is 12.8 Å². The largest absolute Gasteiger partial charge is 0.266 e. The predicted molar refractivity (Wildman–Crippen MR) is 78.1 cm³/mol. The second-order valence-electron chi connectivity index (χ2n) is 6.06. The summed E-state index contributed by atoms with van der Waals surface area (Å²) < 4.78 is 27.4. The zero-order chi connectivity index (χ0) is 14.2. The van der Waals surface area contributed by atoms with Crippen LogP contribution in [0.25, 0.3) is 0 Å². The van der Waals surface area contributed by atoms with Crippen LogP contribution in [0.15, 0.2) is 0 Å². The van der Waals surface area contributed by atoms with Gasteiger partial charge in [-0.15, -0.1) is 0 Å². The van der Waals surface area contributed by atoms with Gasteiger partial charge in [-0.05, 0) is 44.1 Å². The lowest BCUT2D eigenvalue weighted by Gasteiger charge is -2.18. The molecule has 0 saturated heterocycles. The average molecular weight is 297 g/mol. The highest BCUT2D eigenvalue weighted by Crippen LogP contribution is 2.34. The van der Waals surface area contributed by atoms with E-state index in [2.05, 4.69) is 9.40 Å². The van der Waals surface area contributed by atoms with Crippen molar-refractivity contribution in [1.82, 2.24) is 14.5 Å². The number of aromatic nitrogens is 2. The molecule has 1 aromatic rings. The summed E-state index contributed by atoms with van der Waals surface area (Å²) in [5.74, 6) is 0. The van der Waals surface area contributed by atoms with Crippen molar-refractivity contribution in [3.8, 4) is 0 Å². The van der Waals surface area contributed by atoms with E-state index in [4.69, 9.17) is 5.10 Å². The van der Waals surface area contributed by atoms with Crippen molar-refractivity contribution in [2.24, 2.45) is 0 Å². The summed E-state index contributed by atoms with van der Waals surface area (Å²) >= 11 is 0. The molecule has 112 valence electrons. The summed E-state index contributed by atoms with van der Waals surface area (Å²) in [4.78, 5) is 0. The number of sulfonamides is 1. The van der Waals surface area contributed by atoms with Gasteiger partial charge in [0.15, 0.2) is 0 Å². The van der Waals surface area contributed by atoms with Gasteiger partial charge < -0.3 is 0 Å². The molecule has 0 bridgehead atoms. The Morgan fingerprint density at radius 3 is 2.60 bits per heavy atom. The molecule has 6 heteroatoms. The van der Waals surface area contributed by atoms with Crippen molar-refractivity contribution in [2.75, 3.05) is 6.26 Å². The molecule has 0 aromatic carbocycles. The lowest BCUT2D eigenvalue weighted by molar-refractivity contribution is 0.439. The third-order valence-corrected chi connectivity index (χ3v) is 5.13. The van der Waals surface area contributed by atoms with Crippen LogP contribution in [0.1, 0.15) is 61.5 Å². The van der Waals surface area contributed by atoms with Crippen LogP contribution in [0.2, 0.25) is 0 Å². The van der Waals surface area contributed by atoms with Crippen molar-refractivity contribution >= 4 is 10.0 Å². The van der Waals surface area contributed by atoms with Crippen LogP contribution in [-0.2, 0) is 29.4 Å². The highest BCUT2D eigenvalue weighted by Gasteiger charge is 2.26. The van der Waals surface area contributed by atoms with Crippen LogP contribution in [0.4, 0.5) is 0 Å². The van der Waals surface area contributed by atoms with Crippen LogP contribution in [0.5, 0.6) is 0 Å². The van der Waals surface area contributed by atoms with E-state index in [9.17, 15) is 8.42 Å². The number of rotatable bonds is 4. The molecule has 1 fully saturated rings. The maximum Gasteiger partial charge on any atom is 0.209 e. The maximum atomic E-state index is 11.3. The Balaban J connectivity index is 1.89. The fourth-order valence-corrected chi connectivity index (χ4v) is 3.90. The summed E-state index contributed by atoms with van der Waals surface area (Å²) in [6.07, 6.45) is 10.8. The molecule has 20 heavy (non-hydrogen) atoms. The van der Waals surface area contributed by atoms with Gasteiger partial charge >= 0.3 is 0 Å². The lowest BCUT2D eigenvalue weighted by Crippen LogP contribution is -2.22. The topological polar surface area (TPSA) is 64.0 Å². The van der Waals surface area contributed by atoms with Crippen LogP contribution < -0.4 is 4.72 Å². The van der Waals surface area contributed by atoms with Crippen molar-refractivity contribution < 1.29 is 8.42 Å². The molecule has 5 nitrogen and oxygen atoms in total. The third-order valence-electron chi connectivity index (χ3n) is 4.46. The molecule has 1 heterocycles. The SMILES string of the molecule is CS(=O)(=O)NCc1nn(C2CCCC2)c2c1CCCC2. The molecule has 2 aliphatic rings. The van der Waals surface area contributed by atoms with E-state index in [1.807, 2.05) is 0 Å². The summed E-state index contributed by atoms with van der Waals surface area (Å²) in [5, 5.41) is 4.77. The van der Waals surface area contributed by atoms with E-state index in [1.165, 1.54) is 56.0 Å². The first-order valence-corrected chi connectivity index (χ1v) is 9.47. The fraction of sp³-hybridized carbons (Fsp3) is 0.786. The molecule has 1 N–H and O–H groups in total. The summed E-state index contributed by atoms with van der Waals surface area (Å²) in [7, 11) is -3.16. The molecule has 1 saturated carbocycles. The fourth-order valence-electron chi connectivity index (χ4n) is 3.50. The second-order valence-corrected chi connectivity index (χ2v) is 7.89. The minimum atomic E-state index is -3.16. The monoisotopic (exact) mass is 297 g/mol. The van der Waals surface area contributed by atoms with Crippen molar-refractivity contribution in [1.29, 1.82) is 0 Å². The Bertz CT molecular complexity index is 586. The number of nitrogens with one attached hydrogen (secondary N) is 1. The summed E-state index contributed by atoms with van der Waals surface area (Å²) in [6.45, 7) is 0.334. The Labute approximate surface area is 120 Å². The Kier molecular flexibility index (Phi) is 3.86. The van der Waals surface area contributed by atoms with Gasteiger partial charge in [0.1, 0.15) is 0 Å². The molecule has 2 aliphatic carbocycles. The molecule has 0 spiro atoms. The van der Waals surface area contributed by atoms with E-state index >= 15 is 0 Å². The van der Waals surface area contributed by atoms with Crippen LogP contribution in [-0.4, -0.2) is 24.5 Å². The van der Waals surface area contributed by atoms with Gasteiger partial charge in [0.05, 0.1) is 24.5 Å². The van der Waals surface area contributed by atoms with E-state index in [0.29, 0.717) is 12.6 Å². The minimum Gasteiger partial charge on any atom is -0.266 e. The molecule has 3 rings (SSSR count). The first-order chi connectivity index (χ1) is 9.54. The predicted octanol–water partition coefficient (Wildman–Crippen LogP) is 1.93. The number of nitrogens with zero attached hydrogens (tertiary/aromatic N) is 2. The Morgan fingerprint density at radius 2 is 1.90 bits per heavy atom. The standard InChI is InChI=1S/C14H23N3O2S/c1-20(18,19)15-10-13-12-8-4-5-9-14(12)17(16-13)11-6-2-3-7-11/h11,15H,2-10H2,1H3. The number of hydrogen-bond acceptors (Lipinski definition) is 3. The van der Waals surface area contributed by atoms with E-state index < -0.39 is 10.0 Å². The average Bonchev–Trinajstić information content (AvgIpc) is 3.03. The number of fused-ring (bicyclic) bond motifs is 1. The first kappa shape index (κ1) is 14.1. The van der Waals surface area contributed by atoms with Gasteiger partial charge in [-0.2, -0.15) is 5.10 Å². The summed E-state index contributed by atoms with van der Waals surface area (Å²) in [6, 6.07) is 0.536. The quantitative estimate of drug-likeness (QED) is 0.923. The first-order valence-electron chi connectivity index (χ1n) is 7.58. The van der Waals surface area contributed by atoms with Gasteiger partial charge in [-0.25, -0.2) is 13.1 Å². The maximum absolute atomic E-state index is 11.3. The normalized spacial score (nSPS) is 20.2. The van der Waals surface area contributed by atoms with Gasteiger partial charge in [-0.3, -0.25) is 4.68 Å². The van der Waals surface area contributed by atoms with Gasteiger partial charge in [0.25, 0.3) is 0 Å². The van der Waals surface area contributed by atoms with E-state index in [0.717, 1.165) is 18.5 Å². The van der Waals surface area contributed by atoms with Crippen molar-refractivity contribution in [3.05, 3.63) is 17.0 Å². The van der Waals surface area contributed by atoms with Crippen LogP contribution in [0.3, 0.4) is 0 Å². The minimum absolute atomic E-state index is 0.334. The molecule has 0 aliphatic heterocycles. The molecule has 1 aromatic heterocycles. The van der Waals surface area contributed by atoms with E-state index in [1.54, 1.807) is 0 Å². The smallest absolute Gasteiger partial charge is 0.209 e. The summed E-state index contributed by atoms with van der Waals surface area (Å²) in [5.41, 5.74) is 3.62. The van der Waals surface area contributed by atoms with Gasteiger partial charge in [0, 0.05) is 5.69 Å². The zero-order valence-electron chi connectivity index (χ0n) is 12.1. The van der Waals surface area contributed by atoms with Crippen molar-refractivity contribution in [3.63, 3.8) is 0 Å². The highest BCUT2D eigenvalue weighted by atomic mass is 32.2. The molecular weight excluding hydrogens is 274 g/mol. The highest BCUT2D eigenvalue weighted by molar-refractivity contribution is 7.88. The number of hydrogen-bond donors (Lipinski definition) is 1. The van der Waals surface area contributed by atoms with Crippen LogP contribution in [0, 0.1) is 0 Å². The van der Waals surface area contributed by atoms with Crippen molar-refractivity contribution in [2.45, 2.75) is 64.0 Å². The zero-order valence-corrected chi connectivity index (χ0v) is 12.9. The molecular formula is C14H23N3O2S. The third kappa shape index (κ3) is 2.91. The Morgan fingerprint density at radius 1 is 1.20 bits per heavy atom. The Hall–Kier alpha value is -0.880.